The van der Waals surface area contributed by atoms with Crippen LogP contribution >= 0.6 is 0 Å². The summed E-state index contributed by atoms with van der Waals surface area (Å²) in [6, 6.07) is 6.09. The zero-order chi connectivity index (χ0) is 14.7. The fourth-order valence-corrected chi connectivity index (χ4v) is 1.50. The van der Waals surface area contributed by atoms with Crippen LogP contribution in [0.1, 0.15) is 0 Å². The third-order valence-corrected chi connectivity index (χ3v) is 2.47. The van der Waals surface area contributed by atoms with Gasteiger partial charge in [-0.1, -0.05) is 0 Å². The van der Waals surface area contributed by atoms with Gasteiger partial charge in [0.1, 0.15) is 11.5 Å². The molecule has 0 radical (unpaired) electrons. The van der Waals surface area contributed by atoms with Crippen molar-refractivity contribution in [2.45, 2.75) is 0 Å². The van der Waals surface area contributed by atoms with Crippen LogP contribution in [0.5, 0.6) is 0 Å². The van der Waals surface area contributed by atoms with Gasteiger partial charge in [-0.25, -0.2) is 18.0 Å². The minimum absolute atomic E-state index is 0.113. The topological polar surface area (TPSA) is 67.1 Å². The Balaban J connectivity index is 2.12. The van der Waals surface area contributed by atoms with Gasteiger partial charge in [-0.3, -0.25) is 0 Å². The van der Waals surface area contributed by atoms with Gasteiger partial charge in [-0.15, -0.1) is 0 Å². The van der Waals surface area contributed by atoms with Crippen molar-refractivity contribution in [2.75, 3.05) is 16.4 Å². The third-order valence-electron chi connectivity index (χ3n) is 2.47. The third kappa shape index (κ3) is 3.00. The highest BCUT2D eigenvalue weighted by atomic mass is 19.2. The molecular weight excluding hydrogens is 271 g/mol. The second kappa shape index (κ2) is 5.52. The minimum Gasteiger partial charge on any atom is -0.397 e. The van der Waals surface area contributed by atoms with E-state index in [-0.39, 0.29) is 5.69 Å². The van der Waals surface area contributed by atoms with Crippen LogP contribution in [0.25, 0.3) is 0 Å². The van der Waals surface area contributed by atoms with E-state index in [1.165, 1.54) is 12.1 Å². The van der Waals surface area contributed by atoms with Gasteiger partial charge in [-0.2, -0.15) is 0 Å². The molecule has 2 amide bonds. The fraction of sp³-hybridized carbons (Fsp3) is 0. The van der Waals surface area contributed by atoms with Crippen molar-refractivity contribution in [3.63, 3.8) is 0 Å². The number of carbonyl (C=O) groups excluding carboxylic acids is 1. The Morgan fingerprint density at radius 3 is 2.25 bits per heavy atom. The molecule has 0 fully saturated rings. The molecule has 0 bridgehead atoms. The van der Waals surface area contributed by atoms with E-state index in [4.69, 9.17) is 5.73 Å². The van der Waals surface area contributed by atoms with E-state index in [0.29, 0.717) is 5.69 Å². The lowest BCUT2D eigenvalue weighted by atomic mass is 10.2. The Hall–Kier alpha value is -2.70. The van der Waals surface area contributed by atoms with Gasteiger partial charge in [0, 0.05) is 5.69 Å². The second-order valence-corrected chi connectivity index (χ2v) is 3.91. The fourth-order valence-electron chi connectivity index (χ4n) is 1.50. The summed E-state index contributed by atoms with van der Waals surface area (Å²) >= 11 is 0. The summed E-state index contributed by atoms with van der Waals surface area (Å²) in [7, 11) is 0. The van der Waals surface area contributed by atoms with Crippen molar-refractivity contribution >= 4 is 23.1 Å². The van der Waals surface area contributed by atoms with Crippen molar-refractivity contribution in [1.29, 1.82) is 0 Å². The summed E-state index contributed by atoms with van der Waals surface area (Å²) in [5.41, 5.74) is 5.18. The minimum atomic E-state index is -1.25. The number of hydrogen-bond donors (Lipinski definition) is 3. The van der Waals surface area contributed by atoms with Crippen molar-refractivity contribution in [3.05, 3.63) is 53.8 Å². The Morgan fingerprint density at radius 2 is 1.60 bits per heavy atom. The number of carbonyl (C=O) groups is 1. The zero-order valence-corrected chi connectivity index (χ0v) is 10.1. The first-order valence-electron chi connectivity index (χ1n) is 5.54. The molecule has 0 unspecified atom stereocenters. The largest absolute Gasteiger partial charge is 0.397 e. The van der Waals surface area contributed by atoms with E-state index >= 15 is 0 Å². The van der Waals surface area contributed by atoms with Gasteiger partial charge in [0.15, 0.2) is 11.6 Å². The van der Waals surface area contributed by atoms with E-state index in [9.17, 15) is 18.0 Å². The summed E-state index contributed by atoms with van der Waals surface area (Å²) in [5, 5.41) is 4.43. The lowest BCUT2D eigenvalue weighted by Crippen LogP contribution is -2.21. The highest BCUT2D eigenvalue weighted by Gasteiger charge is 2.14. The molecule has 0 aliphatic carbocycles. The molecule has 0 aliphatic heterocycles. The molecule has 4 N–H and O–H groups in total. The second-order valence-electron chi connectivity index (χ2n) is 3.91. The van der Waals surface area contributed by atoms with Gasteiger partial charge in [0.25, 0.3) is 0 Å². The number of urea groups is 1. The van der Waals surface area contributed by atoms with Crippen LogP contribution in [-0.4, -0.2) is 6.03 Å². The molecule has 0 atom stereocenters. The number of halogens is 3. The van der Waals surface area contributed by atoms with E-state index in [1.807, 2.05) is 0 Å². The van der Waals surface area contributed by atoms with Crippen LogP contribution in [0.4, 0.5) is 35.0 Å². The molecular formula is C13H10F3N3O. The summed E-state index contributed by atoms with van der Waals surface area (Å²) in [4.78, 5) is 11.6. The van der Waals surface area contributed by atoms with E-state index < -0.39 is 29.2 Å². The highest BCUT2D eigenvalue weighted by Crippen LogP contribution is 2.24. The first-order chi connectivity index (χ1) is 9.47. The molecule has 20 heavy (non-hydrogen) atoms. The van der Waals surface area contributed by atoms with Crippen molar-refractivity contribution in [2.24, 2.45) is 0 Å². The van der Waals surface area contributed by atoms with Gasteiger partial charge in [0.2, 0.25) is 0 Å². The Bertz CT molecular complexity index is 644. The Kier molecular flexibility index (Phi) is 3.79. The van der Waals surface area contributed by atoms with Crippen LogP contribution < -0.4 is 16.4 Å². The van der Waals surface area contributed by atoms with Crippen LogP contribution in [0.15, 0.2) is 36.4 Å². The highest BCUT2D eigenvalue weighted by molar-refractivity contribution is 6.01. The van der Waals surface area contributed by atoms with Crippen molar-refractivity contribution in [3.8, 4) is 0 Å². The maximum atomic E-state index is 13.5. The summed E-state index contributed by atoms with van der Waals surface area (Å²) in [6.45, 7) is 0. The van der Waals surface area contributed by atoms with Gasteiger partial charge < -0.3 is 16.4 Å². The number of nitrogen functional groups attached to an aromatic ring is 1. The predicted molar refractivity (Wildman–Crippen MR) is 69.8 cm³/mol. The van der Waals surface area contributed by atoms with Gasteiger partial charge in [-0.05, 0) is 36.4 Å². The van der Waals surface area contributed by atoms with Crippen molar-refractivity contribution < 1.29 is 18.0 Å². The molecule has 0 saturated carbocycles. The molecule has 2 rings (SSSR count). The quantitative estimate of drug-likeness (QED) is 0.739. The number of amides is 2. The zero-order valence-electron chi connectivity index (χ0n) is 10.1. The first-order valence-corrected chi connectivity index (χ1v) is 5.54. The molecule has 104 valence electrons. The summed E-state index contributed by atoms with van der Waals surface area (Å²) < 4.78 is 39.2. The molecule has 0 saturated heterocycles. The van der Waals surface area contributed by atoms with Crippen molar-refractivity contribution in [1.82, 2.24) is 0 Å². The van der Waals surface area contributed by atoms with E-state index in [1.54, 1.807) is 0 Å². The molecule has 0 heterocycles. The lowest BCUT2D eigenvalue weighted by Gasteiger charge is -2.11. The number of benzene rings is 2. The molecule has 2 aromatic carbocycles. The normalized spacial score (nSPS) is 10.2. The van der Waals surface area contributed by atoms with Crippen LogP contribution in [0.2, 0.25) is 0 Å². The average molecular weight is 281 g/mol. The maximum absolute atomic E-state index is 13.5. The molecule has 0 aromatic heterocycles. The standard InChI is InChI=1S/C13H10F3N3O/c14-7-1-3-8(4-2-7)18-13(20)19-12-10(17)6-5-9(15)11(12)16/h1-6H,17H2,(H2,18,19,20). The van der Waals surface area contributed by atoms with E-state index in [2.05, 4.69) is 10.6 Å². The summed E-state index contributed by atoms with van der Waals surface area (Å²) in [5.74, 6) is -2.84. The smallest absolute Gasteiger partial charge is 0.323 e. The predicted octanol–water partition coefficient (Wildman–Crippen LogP) is 3.33. The van der Waals surface area contributed by atoms with Gasteiger partial charge >= 0.3 is 6.03 Å². The number of hydrogen-bond acceptors (Lipinski definition) is 2. The molecule has 0 spiro atoms. The maximum Gasteiger partial charge on any atom is 0.323 e. The Labute approximate surface area is 112 Å². The average Bonchev–Trinajstić information content (AvgIpc) is 2.42. The molecule has 7 heteroatoms. The van der Waals surface area contributed by atoms with Crippen LogP contribution in [0.3, 0.4) is 0 Å². The number of anilines is 3. The lowest BCUT2D eigenvalue weighted by molar-refractivity contribution is 0.262. The van der Waals surface area contributed by atoms with Gasteiger partial charge in [0.05, 0.1) is 5.69 Å². The monoisotopic (exact) mass is 281 g/mol. The number of rotatable bonds is 2. The SMILES string of the molecule is Nc1ccc(F)c(F)c1NC(=O)Nc1ccc(F)cc1. The number of nitrogens with one attached hydrogen (secondary N) is 2. The van der Waals surface area contributed by atoms with Crippen LogP contribution in [0, 0.1) is 17.5 Å². The van der Waals surface area contributed by atoms with Crippen LogP contribution in [-0.2, 0) is 0 Å². The van der Waals surface area contributed by atoms with E-state index in [0.717, 1.165) is 24.3 Å². The summed E-state index contributed by atoms with van der Waals surface area (Å²) in [6.07, 6.45) is 0. The Morgan fingerprint density at radius 1 is 0.950 bits per heavy atom. The molecule has 0 aliphatic rings. The molecule has 4 nitrogen and oxygen atoms in total. The number of nitrogens with two attached hydrogens (primary N) is 1. The first kappa shape index (κ1) is 13.7. The molecule has 2 aromatic rings.